The smallest absolute Gasteiger partial charge is 0.255 e. The van der Waals surface area contributed by atoms with Gasteiger partial charge in [-0.25, -0.2) is 0 Å². The van der Waals surface area contributed by atoms with Crippen LogP contribution < -0.4 is 15.0 Å². The van der Waals surface area contributed by atoms with E-state index in [9.17, 15) is 9.59 Å². The molecule has 0 spiro atoms. The summed E-state index contributed by atoms with van der Waals surface area (Å²) in [5.74, 6) is 0.684. The van der Waals surface area contributed by atoms with Gasteiger partial charge in [0, 0.05) is 43.9 Å². The monoisotopic (exact) mass is 443 g/mol. The molecule has 1 fully saturated rings. The molecule has 0 unspecified atom stereocenters. The summed E-state index contributed by atoms with van der Waals surface area (Å²) in [4.78, 5) is 28.8. The van der Waals surface area contributed by atoms with Gasteiger partial charge in [-0.2, -0.15) is 0 Å². The van der Waals surface area contributed by atoms with Crippen molar-refractivity contribution in [1.82, 2.24) is 4.90 Å². The molecule has 0 saturated carbocycles. The van der Waals surface area contributed by atoms with Crippen LogP contribution in [0.1, 0.15) is 43.5 Å². The lowest BCUT2D eigenvalue weighted by Gasteiger charge is -2.36. The predicted octanol–water partition coefficient (Wildman–Crippen LogP) is 4.83. The average Bonchev–Trinajstić information content (AvgIpc) is 2.78. The highest BCUT2D eigenvalue weighted by Crippen LogP contribution is 2.30. The molecule has 0 bridgehead atoms. The molecule has 31 heavy (non-hydrogen) atoms. The van der Waals surface area contributed by atoms with E-state index in [-0.39, 0.29) is 11.8 Å². The molecule has 1 aliphatic heterocycles. The standard InChI is InChI=1S/C24H30ClN3O3/c1-3-6-23(29)28-13-11-27(12-14-28)22-10-9-19(17-21(22)25)26-24(30)18-7-5-8-20(16-18)31-15-4-2/h5,7-10,16-17H,3-4,6,11-15H2,1-2H3,(H,26,30). The highest BCUT2D eigenvalue weighted by molar-refractivity contribution is 6.33. The second kappa shape index (κ2) is 11.0. The summed E-state index contributed by atoms with van der Waals surface area (Å²) in [6.45, 7) is 7.55. The fourth-order valence-electron chi connectivity index (χ4n) is 3.56. The molecule has 6 nitrogen and oxygen atoms in total. The molecule has 1 N–H and O–H groups in total. The molecule has 3 rings (SSSR count). The number of hydrogen-bond acceptors (Lipinski definition) is 4. The number of benzene rings is 2. The Labute approximate surface area is 189 Å². The van der Waals surface area contributed by atoms with Crippen molar-refractivity contribution >= 4 is 34.8 Å². The van der Waals surface area contributed by atoms with Gasteiger partial charge in [0.2, 0.25) is 5.91 Å². The third kappa shape index (κ3) is 6.14. The van der Waals surface area contributed by atoms with Gasteiger partial charge in [-0.3, -0.25) is 9.59 Å². The molecule has 0 aliphatic carbocycles. The van der Waals surface area contributed by atoms with E-state index in [1.807, 2.05) is 36.9 Å². The summed E-state index contributed by atoms with van der Waals surface area (Å²) in [5.41, 5.74) is 2.08. The maximum atomic E-state index is 12.6. The Morgan fingerprint density at radius 3 is 2.48 bits per heavy atom. The SMILES string of the molecule is CCCOc1cccc(C(=O)Nc2ccc(N3CCN(C(=O)CCC)CC3)c(Cl)c2)c1. The summed E-state index contributed by atoms with van der Waals surface area (Å²) in [6, 6.07) is 12.7. The zero-order chi connectivity index (χ0) is 22.2. The molecule has 1 heterocycles. The quantitative estimate of drug-likeness (QED) is 0.634. The van der Waals surface area contributed by atoms with Crippen molar-refractivity contribution in [3.05, 3.63) is 53.1 Å². The molecule has 2 amide bonds. The Morgan fingerprint density at radius 1 is 1.03 bits per heavy atom. The summed E-state index contributed by atoms with van der Waals surface area (Å²) < 4.78 is 5.60. The summed E-state index contributed by atoms with van der Waals surface area (Å²) >= 11 is 6.53. The van der Waals surface area contributed by atoms with Crippen molar-refractivity contribution in [3.8, 4) is 5.75 Å². The number of halogens is 1. The topological polar surface area (TPSA) is 61.9 Å². The molecule has 2 aromatic carbocycles. The first-order valence-corrected chi connectivity index (χ1v) is 11.3. The van der Waals surface area contributed by atoms with Crippen molar-refractivity contribution in [3.63, 3.8) is 0 Å². The number of carbonyl (C=O) groups is 2. The first-order valence-electron chi connectivity index (χ1n) is 10.9. The van der Waals surface area contributed by atoms with Crippen LogP contribution >= 0.6 is 11.6 Å². The van der Waals surface area contributed by atoms with E-state index in [2.05, 4.69) is 10.2 Å². The van der Waals surface area contributed by atoms with Crippen molar-refractivity contribution in [2.75, 3.05) is 43.0 Å². The highest BCUT2D eigenvalue weighted by atomic mass is 35.5. The average molecular weight is 444 g/mol. The van der Waals surface area contributed by atoms with E-state index in [0.717, 1.165) is 31.6 Å². The van der Waals surface area contributed by atoms with Gasteiger partial charge in [0.05, 0.1) is 17.3 Å². The molecule has 0 atom stereocenters. The van der Waals surface area contributed by atoms with Crippen molar-refractivity contribution < 1.29 is 14.3 Å². The third-order valence-corrected chi connectivity index (χ3v) is 5.51. The van der Waals surface area contributed by atoms with Gasteiger partial charge < -0.3 is 19.9 Å². The molecule has 1 saturated heterocycles. The number of piperazine rings is 1. The number of nitrogens with zero attached hydrogens (tertiary/aromatic N) is 2. The summed E-state index contributed by atoms with van der Waals surface area (Å²) in [7, 11) is 0. The zero-order valence-corrected chi connectivity index (χ0v) is 19.0. The fourth-order valence-corrected chi connectivity index (χ4v) is 3.86. The van der Waals surface area contributed by atoms with Crippen LogP contribution in [0.15, 0.2) is 42.5 Å². The van der Waals surface area contributed by atoms with E-state index in [4.69, 9.17) is 16.3 Å². The Bertz CT molecular complexity index is 911. The number of carbonyl (C=O) groups excluding carboxylic acids is 2. The van der Waals surface area contributed by atoms with Crippen LogP contribution in [0.4, 0.5) is 11.4 Å². The Hall–Kier alpha value is -2.73. The minimum absolute atomic E-state index is 0.214. The molecule has 166 valence electrons. The number of anilines is 2. The van der Waals surface area contributed by atoms with Crippen molar-refractivity contribution in [2.24, 2.45) is 0 Å². The minimum atomic E-state index is -0.214. The van der Waals surface area contributed by atoms with Crippen molar-refractivity contribution in [2.45, 2.75) is 33.1 Å². The van der Waals surface area contributed by atoms with Gasteiger partial charge in [-0.05, 0) is 49.2 Å². The second-order valence-electron chi connectivity index (χ2n) is 7.61. The summed E-state index contributed by atoms with van der Waals surface area (Å²) in [5, 5.41) is 3.47. The molecule has 0 aromatic heterocycles. The van der Waals surface area contributed by atoms with Crippen LogP contribution in [0.3, 0.4) is 0 Å². The van der Waals surface area contributed by atoms with Crippen LogP contribution in [0.5, 0.6) is 5.75 Å². The number of hydrogen-bond donors (Lipinski definition) is 1. The van der Waals surface area contributed by atoms with Gasteiger partial charge in [-0.1, -0.05) is 31.5 Å². The molecule has 0 radical (unpaired) electrons. The van der Waals surface area contributed by atoms with E-state index in [1.54, 1.807) is 24.3 Å². The lowest BCUT2D eigenvalue weighted by Crippen LogP contribution is -2.48. The molecule has 2 aromatic rings. The fraction of sp³-hybridized carbons (Fsp3) is 0.417. The zero-order valence-electron chi connectivity index (χ0n) is 18.2. The van der Waals surface area contributed by atoms with Crippen LogP contribution in [0.25, 0.3) is 0 Å². The van der Waals surface area contributed by atoms with Crippen LogP contribution in [0, 0.1) is 0 Å². The third-order valence-electron chi connectivity index (χ3n) is 5.21. The van der Waals surface area contributed by atoms with Crippen LogP contribution in [-0.2, 0) is 4.79 Å². The van der Waals surface area contributed by atoms with Gasteiger partial charge in [0.15, 0.2) is 0 Å². The minimum Gasteiger partial charge on any atom is -0.494 e. The van der Waals surface area contributed by atoms with Crippen molar-refractivity contribution in [1.29, 1.82) is 0 Å². The number of amides is 2. The van der Waals surface area contributed by atoms with E-state index in [0.29, 0.717) is 48.1 Å². The first-order chi connectivity index (χ1) is 15.0. The molecule has 1 aliphatic rings. The maximum absolute atomic E-state index is 12.6. The van der Waals surface area contributed by atoms with Gasteiger partial charge in [-0.15, -0.1) is 0 Å². The van der Waals surface area contributed by atoms with Gasteiger partial charge in [0.25, 0.3) is 5.91 Å². The number of ether oxygens (including phenoxy) is 1. The van der Waals surface area contributed by atoms with E-state index >= 15 is 0 Å². The number of nitrogens with one attached hydrogen (secondary N) is 1. The Balaban J connectivity index is 1.61. The first kappa shape index (κ1) is 22.9. The number of rotatable bonds is 8. The predicted molar refractivity (Wildman–Crippen MR) is 125 cm³/mol. The highest BCUT2D eigenvalue weighted by Gasteiger charge is 2.22. The van der Waals surface area contributed by atoms with Gasteiger partial charge in [0.1, 0.15) is 5.75 Å². The Kier molecular flexibility index (Phi) is 8.18. The Morgan fingerprint density at radius 2 is 1.81 bits per heavy atom. The van der Waals surface area contributed by atoms with Crippen LogP contribution in [-0.4, -0.2) is 49.5 Å². The van der Waals surface area contributed by atoms with E-state index in [1.165, 1.54) is 0 Å². The largest absolute Gasteiger partial charge is 0.494 e. The lowest BCUT2D eigenvalue weighted by molar-refractivity contribution is -0.131. The molecular weight excluding hydrogens is 414 g/mol. The normalized spacial score (nSPS) is 13.8. The molecule has 7 heteroatoms. The lowest BCUT2D eigenvalue weighted by atomic mass is 10.2. The summed E-state index contributed by atoms with van der Waals surface area (Å²) in [6.07, 6.45) is 2.38. The van der Waals surface area contributed by atoms with Crippen LogP contribution in [0.2, 0.25) is 5.02 Å². The second-order valence-corrected chi connectivity index (χ2v) is 8.02. The van der Waals surface area contributed by atoms with Gasteiger partial charge >= 0.3 is 0 Å². The maximum Gasteiger partial charge on any atom is 0.255 e. The molecular formula is C24H30ClN3O3. The van der Waals surface area contributed by atoms with E-state index < -0.39 is 0 Å².